The Morgan fingerprint density at radius 1 is 1.21 bits per heavy atom. The van der Waals surface area contributed by atoms with Gasteiger partial charge in [0, 0.05) is 11.9 Å². The first-order chi connectivity index (χ1) is 11.5. The van der Waals surface area contributed by atoms with Crippen molar-refractivity contribution in [3.8, 4) is 5.75 Å². The minimum absolute atomic E-state index is 0.101. The zero-order valence-corrected chi connectivity index (χ0v) is 14.4. The molecule has 0 spiro atoms. The van der Waals surface area contributed by atoms with Crippen LogP contribution in [0.4, 0.5) is 0 Å². The van der Waals surface area contributed by atoms with Gasteiger partial charge >= 0.3 is 0 Å². The fraction of sp³-hybridized carbons (Fsp3) is 0.235. The van der Waals surface area contributed by atoms with Crippen molar-refractivity contribution < 1.29 is 13.2 Å². The van der Waals surface area contributed by atoms with Gasteiger partial charge in [-0.2, -0.15) is 0 Å². The molecule has 0 bridgehead atoms. The molecule has 0 atom stereocenters. The average molecular weight is 345 g/mol. The molecule has 0 aliphatic rings. The molecular weight excluding hydrogens is 326 g/mol. The van der Waals surface area contributed by atoms with Crippen LogP contribution in [-0.2, 0) is 22.3 Å². The van der Waals surface area contributed by atoms with E-state index >= 15 is 0 Å². The van der Waals surface area contributed by atoms with E-state index in [0.717, 1.165) is 11.3 Å². The smallest absolute Gasteiger partial charge is 0.216 e. The van der Waals surface area contributed by atoms with Crippen LogP contribution in [0.3, 0.4) is 0 Å². The number of ether oxygens (including phenoxy) is 1. The highest BCUT2D eigenvalue weighted by Gasteiger charge is 2.13. The van der Waals surface area contributed by atoms with Crippen molar-refractivity contribution in [2.24, 2.45) is 0 Å². The molecule has 0 radical (unpaired) electrons. The van der Waals surface area contributed by atoms with Gasteiger partial charge in [0.25, 0.3) is 0 Å². The van der Waals surface area contributed by atoms with E-state index < -0.39 is 10.0 Å². The zero-order chi connectivity index (χ0) is 17.2. The van der Waals surface area contributed by atoms with Crippen LogP contribution in [0.15, 0.2) is 48.7 Å². The number of benzene rings is 1. The SMILES string of the molecule is COc1cccc(CS(=O)(=O)NCc2cn3c(C)cccc3n2)c1. The van der Waals surface area contributed by atoms with E-state index in [9.17, 15) is 8.42 Å². The second kappa shape index (κ2) is 6.62. The van der Waals surface area contributed by atoms with Crippen LogP contribution in [-0.4, -0.2) is 24.9 Å². The van der Waals surface area contributed by atoms with Crippen LogP contribution >= 0.6 is 0 Å². The molecule has 2 heterocycles. The normalized spacial score (nSPS) is 11.8. The topological polar surface area (TPSA) is 72.7 Å². The van der Waals surface area contributed by atoms with Crippen molar-refractivity contribution >= 4 is 15.7 Å². The molecule has 0 amide bonds. The van der Waals surface area contributed by atoms with Crippen LogP contribution in [0.5, 0.6) is 5.75 Å². The van der Waals surface area contributed by atoms with Crippen molar-refractivity contribution in [2.45, 2.75) is 19.2 Å². The van der Waals surface area contributed by atoms with Gasteiger partial charge in [-0.3, -0.25) is 0 Å². The summed E-state index contributed by atoms with van der Waals surface area (Å²) in [4.78, 5) is 4.43. The second-order valence-corrected chi connectivity index (χ2v) is 7.37. The number of rotatable bonds is 6. The molecule has 1 aromatic carbocycles. The molecule has 0 saturated heterocycles. The third-order valence-electron chi connectivity index (χ3n) is 3.71. The van der Waals surface area contributed by atoms with Crippen LogP contribution in [0.1, 0.15) is 17.0 Å². The maximum absolute atomic E-state index is 12.3. The van der Waals surface area contributed by atoms with Crippen molar-refractivity contribution in [1.82, 2.24) is 14.1 Å². The molecule has 126 valence electrons. The molecule has 6 nitrogen and oxygen atoms in total. The third-order valence-corrected chi connectivity index (χ3v) is 5.01. The van der Waals surface area contributed by atoms with Gasteiger partial charge in [0.15, 0.2) is 0 Å². The Morgan fingerprint density at radius 2 is 2.00 bits per heavy atom. The van der Waals surface area contributed by atoms with Gasteiger partial charge in [0.1, 0.15) is 11.4 Å². The summed E-state index contributed by atoms with van der Waals surface area (Å²) in [6.07, 6.45) is 1.85. The minimum Gasteiger partial charge on any atom is -0.497 e. The first-order valence-corrected chi connectivity index (χ1v) is 9.16. The Kier molecular flexibility index (Phi) is 4.55. The number of aromatic nitrogens is 2. The Labute approximate surface area is 141 Å². The lowest BCUT2D eigenvalue weighted by Crippen LogP contribution is -2.24. The zero-order valence-electron chi connectivity index (χ0n) is 13.6. The molecule has 7 heteroatoms. The first-order valence-electron chi connectivity index (χ1n) is 7.51. The monoisotopic (exact) mass is 345 g/mol. The Bertz CT molecular complexity index is 964. The largest absolute Gasteiger partial charge is 0.497 e. The van der Waals surface area contributed by atoms with Gasteiger partial charge in [-0.25, -0.2) is 18.1 Å². The molecule has 0 fully saturated rings. The molecule has 0 saturated carbocycles. The Hall–Kier alpha value is -2.38. The highest BCUT2D eigenvalue weighted by molar-refractivity contribution is 7.88. The van der Waals surface area contributed by atoms with E-state index in [1.54, 1.807) is 31.4 Å². The Morgan fingerprint density at radius 3 is 2.75 bits per heavy atom. The number of imidazole rings is 1. The summed E-state index contributed by atoms with van der Waals surface area (Å²) in [5, 5.41) is 0. The summed E-state index contributed by atoms with van der Waals surface area (Å²) in [6.45, 7) is 2.14. The number of hydrogen-bond acceptors (Lipinski definition) is 4. The molecule has 2 aromatic heterocycles. The third kappa shape index (κ3) is 3.74. The number of methoxy groups -OCH3 is 1. The number of pyridine rings is 1. The predicted molar refractivity (Wildman–Crippen MR) is 92.4 cm³/mol. The van der Waals surface area contributed by atoms with Crippen molar-refractivity contribution in [3.05, 3.63) is 65.6 Å². The summed E-state index contributed by atoms with van der Waals surface area (Å²) in [7, 11) is -1.91. The van der Waals surface area contributed by atoms with Crippen molar-refractivity contribution in [2.75, 3.05) is 7.11 Å². The number of fused-ring (bicyclic) bond motifs is 1. The quantitative estimate of drug-likeness (QED) is 0.744. The molecule has 24 heavy (non-hydrogen) atoms. The maximum atomic E-state index is 12.3. The summed E-state index contributed by atoms with van der Waals surface area (Å²) >= 11 is 0. The highest BCUT2D eigenvalue weighted by Crippen LogP contribution is 2.15. The molecule has 3 aromatic rings. The van der Waals surface area contributed by atoms with Crippen LogP contribution < -0.4 is 9.46 Å². The van der Waals surface area contributed by atoms with Gasteiger partial charge in [-0.15, -0.1) is 0 Å². The lowest BCUT2D eigenvalue weighted by Gasteiger charge is -2.07. The number of aryl methyl sites for hydroxylation is 1. The van der Waals surface area contributed by atoms with Gasteiger partial charge in [-0.1, -0.05) is 18.2 Å². The first kappa shape index (κ1) is 16.5. The molecule has 0 aliphatic heterocycles. The summed E-state index contributed by atoms with van der Waals surface area (Å²) in [5.74, 6) is 0.537. The number of hydrogen-bond donors (Lipinski definition) is 1. The van der Waals surface area contributed by atoms with E-state index in [0.29, 0.717) is 17.0 Å². The lowest BCUT2D eigenvalue weighted by atomic mass is 10.2. The fourth-order valence-electron chi connectivity index (χ4n) is 2.50. The van der Waals surface area contributed by atoms with Crippen molar-refractivity contribution in [1.29, 1.82) is 0 Å². The van der Waals surface area contributed by atoms with Gasteiger partial charge in [-0.05, 0) is 36.8 Å². The van der Waals surface area contributed by atoms with Crippen LogP contribution in [0, 0.1) is 6.92 Å². The molecule has 0 unspecified atom stereocenters. The van der Waals surface area contributed by atoms with Crippen molar-refractivity contribution in [3.63, 3.8) is 0 Å². The minimum atomic E-state index is -3.46. The summed E-state index contributed by atoms with van der Waals surface area (Å²) < 4.78 is 34.2. The summed E-state index contributed by atoms with van der Waals surface area (Å²) in [6, 6.07) is 12.8. The number of nitrogens with zero attached hydrogens (tertiary/aromatic N) is 2. The van der Waals surface area contributed by atoms with E-state index in [1.165, 1.54) is 0 Å². The summed E-state index contributed by atoms with van der Waals surface area (Å²) in [5.41, 5.74) is 3.20. The lowest BCUT2D eigenvalue weighted by molar-refractivity contribution is 0.414. The molecule has 3 rings (SSSR count). The van der Waals surface area contributed by atoms with Gasteiger partial charge < -0.3 is 9.14 Å². The van der Waals surface area contributed by atoms with E-state index in [1.807, 2.05) is 35.7 Å². The molecule has 1 N–H and O–H groups in total. The van der Waals surface area contributed by atoms with E-state index in [-0.39, 0.29) is 12.3 Å². The van der Waals surface area contributed by atoms with E-state index in [2.05, 4.69) is 9.71 Å². The van der Waals surface area contributed by atoms with Crippen LogP contribution in [0.2, 0.25) is 0 Å². The fourth-order valence-corrected chi connectivity index (χ4v) is 3.59. The number of sulfonamides is 1. The maximum Gasteiger partial charge on any atom is 0.216 e. The van der Waals surface area contributed by atoms with Gasteiger partial charge in [0.05, 0.1) is 25.1 Å². The second-order valence-electron chi connectivity index (χ2n) is 5.56. The van der Waals surface area contributed by atoms with Crippen LogP contribution in [0.25, 0.3) is 5.65 Å². The standard InChI is InChI=1S/C17H19N3O3S/c1-13-5-3-8-17-19-15(11-20(13)17)10-18-24(21,22)12-14-6-4-7-16(9-14)23-2/h3-9,11,18H,10,12H2,1-2H3. The average Bonchev–Trinajstić information content (AvgIpc) is 2.98. The molecule has 0 aliphatic carbocycles. The molecular formula is C17H19N3O3S. The van der Waals surface area contributed by atoms with E-state index in [4.69, 9.17) is 4.74 Å². The predicted octanol–water partition coefficient (Wildman–Crippen LogP) is 2.27. The van der Waals surface area contributed by atoms with Gasteiger partial charge in [0.2, 0.25) is 10.0 Å². The Balaban J connectivity index is 1.70. The highest BCUT2D eigenvalue weighted by atomic mass is 32.2. The number of nitrogens with one attached hydrogen (secondary N) is 1.